The number of hydrogen-bond acceptors (Lipinski definition) is 5. The minimum Gasteiger partial charge on any atom is -0.503 e. The number of aromatic nitrogens is 1. The van der Waals surface area contributed by atoms with E-state index in [1.807, 2.05) is 0 Å². The summed E-state index contributed by atoms with van der Waals surface area (Å²) in [5.41, 5.74) is 1.21. The van der Waals surface area contributed by atoms with E-state index in [1.54, 1.807) is 55.7 Å². The molecule has 6 nitrogen and oxygen atoms in total. The topological polar surface area (TPSA) is 79.7 Å². The number of pyridine rings is 1. The predicted octanol–water partition coefficient (Wildman–Crippen LogP) is 2.97. The number of hydrogen-bond donors (Lipinski definition) is 1. The molecule has 128 valence electrons. The number of ether oxygens (including phenoxy) is 1. The van der Waals surface area contributed by atoms with Crippen molar-refractivity contribution in [3.63, 3.8) is 0 Å². The lowest BCUT2D eigenvalue weighted by Gasteiger charge is -2.27. The molecular weight excluding hydrogens is 320 g/mol. The Hall–Kier alpha value is -3.15. The Morgan fingerprint density at radius 2 is 2.04 bits per heavy atom. The highest BCUT2D eigenvalue weighted by molar-refractivity contribution is 6.16. The van der Waals surface area contributed by atoms with Crippen LogP contribution in [0.4, 0.5) is 5.69 Å². The molecule has 2 heterocycles. The van der Waals surface area contributed by atoms with E-state index in [-0.39, 0.29) is 17.8 Å². The fourth-order valence-corrected chi connectivity index (χ4v) is 3.01. The molecule has 0 saturated carbocycles. The Kier molecular flexibility index (Phi) is 4.52. The van der Waals surface area contributed by atoms with E-state index < -0.39 is 17.7 Å². The van der Waals surface area contributed by atoms with Gasteiger partial charge in [0.2, 0.25) is 0 Å². The van der Waals surface area contributed by atoms with Gasteiger partial charge in [-0.25, -0.2) is 0 Å². The van der Waals surface area contributed by atoms with Gasteiger partial charge in [-0.1, -0.05) is 25.1 Å². The first kappa shape index (κ1) is 16.7. The summed E-state index contributed by atoms with van der Waals surface area (Å²) >= 11 is 0. The number of amides is 1. The summed E-state index contributed by atoms with van der Waals surface area (Å²) in [5, 5.41) is 10.4. The maximum Gasteiger partial charge on any atom is 0.294 e. The first-order valence-electron chi connectivity index (χ1n) is 7.93. The van der Waals surface area contributed by atoms with Crippen molar-refractivity contribution in [3.05, 3.63) is 65.7 Å². The van der Waals surface area contributed by atoms with E-state index in [4.69, 9.17) is 4.74 Å². The van der Waals surface area contributed by atoms with E-state index in [1.165, 1.54) is 12.0 Å². The largest absolute Gasteiger partial charge is 0.503 e. The van der Waals surface area contributed by atoms with E-state index in [0.717, 1.165) is 0 Å². The highest BCUT2D eigenvalue weighted by Crippen LogP contribution is 2.43. The maximum atomic E-state index is 12.8. The first-order valence-corrected chi connectivity index (χ1v) is 7.93. The standard InChI is InChI=1S/C19H18N2O4/c1-3-14(22)16-17(12-7-6-10-20-11-12)21(19(24)18(16)23)13-8-4-5-9-15(13)25-2/h4-11,17,23H,3H2,1-2H3. The predicted molar refractivity (Wildman–Crippen MR) is 92.4 cm³/mol. The van der Waals surface area contributed by atoms with Crippen LogP contribution in [0, 0.1) is 0 Å². The zero-order chi connectivity index (χ0) is 18.0. The Balaban J connectivity index is 2.21. The van der Waals surface area contributed by atoms with Crippen molar-refractivity contribution in [1.82, 2.24) is 4.98 Å². The first-order chi connectivity index (χ1) is 12.1. The Labute approximate surface area is 145 Å². The number of aliphatic hydroxyl groups excluding tert-OH is 1. The van der Waals surface area contributed by atoms with Crippen LogP contribution >= 0.6 is 0 Å². The number of carbonyl (C=O) groups excluding carboxylic acids is 2. The number of anilines is 1. The SMILES string of the molecule is CCC(=O)C1=C(O)C(=O)N(c2ccccc2OC)C1c1cccnc1. The van der Waals surface area contributed by atoms with Gasteiger partial charge in [-0.3, -0.25) is 19.5 Å². The normalized spacial score (nSPS) is 17.1. The molecule has 1 aliphatic heterocycles. The lowest BCUT2D eigenvalue weighted by molar-refractivity contribution is -0.118. The molecule has 25 heavy (non-hydrogen) atoms. The number of benzene rings is 1. The van der Waals surface area contributed by atoms with Crippen molar-refractivity contribution >= 4 is 17.4 Å². The number of carbonyl (C=O) groups is 2. The number of aliphatic hydroxyl groups is 1. The van der Waals surface area contributed by atoms with Crippen molar-refractivity contribution in [2.45, 2.75) is 19.4 Å². The van der Waals surface area contributed by atoms with Crippen LogP contribution in [-0.2, 0) is 9.59 Å². The fourth-order valence-electron chi connectivity index (χ4n) is 3.01. The summed E-state index contributed by atoms with van der Waals surface area (Å²) in [4.78, 5) is 30.7. The van der Waals surface area contributed by atoms with Crippen LogP contribution in [0.2, 0.25) is 0 Å². The van der Waals surface area contributed by atoms with Gasteiger partial charge >= 0.3 is 0 Å². The molecule has 0 saturated heterocycles. The third-order valence-electron chi connectivity index (χ3n) is 4.17. The van der Waals surface area contributed by atoms with Gasteiger partial charge in [0.05, 0.1) is 24.4 Å². The van der Waals surface area contributed by atoms with Crippen molar-refractivity contribution in [2.75, 3.05) is 12.0 Å². The second-order valence-electron chi connectivity index (χ2n) is 5.57. The van der Waals surface area contributed by atoms with E-state index in [2.05, 4.69) is 4.98 Å². The lowest BCUT2D eigenvalue weighted by Crippen LogP contribution is -2.31. The third-order valence-corrected chi connectivity index (χ3v) is 4.17. The molecule has 1 aromatic heterocycles. The van der Waals surface area contributed by atoms with Gasteiger partial charge in [-0.2, -0.15) is 0 Å². The smallest absolute Gasteiger partial charge is 0.294 e. The lowest BCUT2D eigenvalue weighted by atomic mass is 9.96. The number of ketones is 1. The van der Waals surface area contributed by atoms with Crippen LogP contribution in [0.25, 0.3) is 0 Å². The molecule has 0 bridgehead atoms. The van der Waals surface area contributed by atoms with Gasteiger partial charge in [0, 0.05) is 18.8 Å². The second kappa shape index (κ2) is 6.76. The Bertz CT molecular complexity index is 846. The van der Waals surface area contributed by atoms with Gasteiger partial charge in [-0.05, 0) is 23.8 Å². The number of methoxy groups -OCH3 is 1. The van der Waals surface area contributed by atoms with Crippen molar-refractivity contribution in [1.29, 1.82) is 0 Å². The minimum atomic E-state index is -0.745. The molecule has 1 unspecified atom stereocenters. The van der Waals surface area contributed by atoms with Crippen LogP contribution in [-0.4, -0.2) is 28.9 Å². The maximum absolute atomic E-state index is 12.8. The summed E-state index contributed by atoms with van der Waals surface area (Å²) < 4.78 is 5.35. The van der Waals surface area contributed by atoms with Gasteiger partial charge in [-0.15, -0.1) is 0 Å². The molecule has 1 N–H and O–H groups in total. The molecule has 1 atom stereocenters. The van der Waals surface area contributed by atoms with E-state index in [9.17, 15) is 14.7 Å². The molecule has 1 aliphatic rings. The molecule has 0 fully saturated rings. The quantitative estimate of drug-likeness (QED) is 0.906. The van der Waals surface area contributed by atoms with Crippen LogP contribution in [0.3, 0.4) is 0 Å². The van der Waals surface area contributed by atoms with Crippen LogP contribution in [0.5, 0.6) is 5.75 Å². The van der Waals surface area contributed by atoms with Crippen LogP contribution in [0.1, 0.15) is 24.9 Å². The summed E-state index contributed by atoms with van der Waals surface area (Å²) in [6.07, 6.45) is 3.38. The molecular formula is C19H18N2O4. The Morgan fingerprint density at radius 3 is 2.68 bits per heavy atom. The monoisotopic (exact) mass is 338 g/mol. The average Bonchev–Trinajstić information content (AvgIpc) is 2.93. The summed E-state index contributed by atoms with van der Waals surface area (Å²) in [7, 11) is 1.50. The second-order valence-corrected chi connectivity index (χ2v) is 5.57. The minimum absolute atomic E-state index is 0.0893. The third kappa shape index (κ3) is 2.76. The number of Topliss-reactive ketones (excluding diaryl/α,β-unsaturated/α-hetero) is 1. The molecule has 0 aliphatic carbocycles. The van der Waals surface area contributed by atoms with Crippen molar-refractivity contribution in [2.24, 2.45) is 0 Å². The molecule has 2 aromatic rings. The summed E-state index contributed by atoms with van der Waals surface area (Å²) in [6, 6.07) is 9.74. The van der Waals surface area contributed by atoms with Gasteiger partial charge in [0.25, 0.3) is 5.91 Å². The van der Waals surface area contributed by atoms with E-state index >= 15 is 0 Å². The molecule has 1 amide bonds. The molecule has 0 spiro atoms. The van der Waals surface area contributed by atoms with Crippen LogP contribution < -0.4 is 9.64 Å². The number of para-hydroxylation sites is 2. The molecule has 3 rings (SSSR count). The van der Waals surface area contributed by atoms with E-state index in [0.29, 0.717) is 17.0 Å². The zero-order valence-corrected chi connectivity index (χ0v) is 14.0. The van der Waals surface area contributed by atoms with Gasteiger partial charge < -0.3 is 9.84 Å². The molecule has 6 heteroatoms. The summed E-state index contributed by atoms with van der Waals surface area (Å²) in [6.45, 7) is 1.69. The van der Waals surface area contributed by atoms with Crippen molar-refractivity contribution in [3.8, 4) is 5.75 Å². The average molecular weight is 338 g/mol. The highest BCUT2D eigenvalue weighted by atomic mass is 16.5. The number of nitrogens with zero attached hydrogens (tertiary/aromatic N) is 2. The number of rotatable bonds is 5. The zero-order valence-electron chi connectivity index (χ0n) is 14.0. The fraction of sp³-hybridized carbons (Fsp3) is 0.211. The summed E-state index contributed by atoms with van der Waals surface area (Å²) in [5.74, 6) is -0.957. The Morgan fingerprint density at radius 1 is 1.28 bits per heavy atom. The molecule has 0 radical (unpaired) electrons. The molecule has 1 aromatic carbocycles. The van der Waals surface area contributed by atoms with Gasteiger partial charge in [0.1, 0.15) is 5.75 Å². The highest BCUT2D eigenvalue weighted by Gasteiger charge is 2.44. The van der Waals surface area contributed by atoms with Gasteiger partial charge in [0.15, 0.2) is 11.5 Å². The van der Waals surface area contributed by atoms with Crippen molar-refractivity contribution < 1.29 is 19.4 Å². The van der Waals surface area contributed by atoms with Crippen LogP contribution in [0.15, 0.2) is 60.1 Å².